The van der Waals surface area contributed by atoms with Crippen molar-refractivity contribution in [3.63, 3.8) is 0 Å². The number of hydrogen-bond donors (Lipinski definition) is 1. The predicted octanol–water partition coefficient (Wildman–Crippen LogP) is 6.40. The second kappa shape index (κ2) is 9.90. The second-order valence-corrected chi connectivity index (χ2v) is 11.6. The fourth-order valence-corrected chi connectivity index (χ4v) is 4.87. The van der Waals surface area contributed by atoms with Crippen LogP contribution in [0.5, 0.6) is 5.75 Å². The molecule has 0 radical (unpaired) electrons. The topological polar surface area (TPSA) is 79.2 Å². The number of phenolic OH excluding ortho intramolecular Hbond substituents is 1. The largest absolute Gasteiger partial charge is 0.507 e. The number of thioether (sulfide) groups is 1. The molecule has 1 amide bonds. The second-order valence-electron chi connectivity index (χ2n) is 10.6. The number of aromatic hydroxyl groups is 1. The third kappa shape index (κ3) is 5.78. The summed E-state index contributed by atoms with van der Waals surface area (Å²) in [5.74, 6) is -0.205. The van der Waals surface area contributed by atoms with Crippen LogP contribution in [0.25, 0.3) is 6.08 Å². The first-order chi connectivity index (χ1) is 16.3. The lowest BCUT2D eigenvalue weighted by Gasteiger charge is -2.28. The number of rotatable bonds is 4. The van der Waals surface area contributed by atoms with Crippen molar-refractivity contribution in [2.24, 2.45) is 4.99 Å². The van der Waals surface area contributed by atoms with Crippen LogP contribution >= 0.6 is 11.8 Å². The van der Waals surface area contributed by atoms with E-state index in [9.17, 15) is 14.7 Å². The number of methoxy groups -OCH3 is 1. The van der Waals surface area contributed by atoms with Gasteiger partial charge in [0.1, 0.15) is 5.75 Å². The highest BCUT2D eigenvalue weighted by molar-refractivity contribution is 8.18. The van der Waals surface area contributed by atoms with Gasteiger partial charge in [-0.25, -0.2) is 9.79 Å². The quantitative estimate of drug-likeness (QED) is 0.393. The summed E-state index contributed by atoms with van der Waals surface area (Å²) in [6, 6.07) is 10.7. The van der Waals surface area contributed by atoms with Crippen molar-refractivity contribution in [1.29, 1.82) is 0 Å². The molecule has 1 N–H and O–H groups in total. The summed E-state index contributed by atoms with van der Waals surface area (Å²) in [6.45, 7) is 14.8. The van der Waals surface area contributed by atoms with E-state index in [-0.39, 0.29) is 16.7 Å². The van der Waals surface area contributed by atoms with Crippen molar-refractivity contribution in [1.82, 2.24) is 4.90 Å². The Balaban J connectivity index is 2.03. The van der Waals surface area contributed by atoms with Crippen molar-refractivity contribution in [2.45, 2.75) is 59.3 Å². The Hall–Kier alpha value is -3.06. The molecule has 1 aliphatic heterocycles. The summed E-state index contributed by atoms with van der Waals surface area (Å²) < 4.78 is 4.74. The Morgan fingerprint density at radius 3 is 2.06 bits per heavy atom. The van der Waals surface area contributed by atoms with E-state index in [1.807, 2.05) is 25.1 Å². The molecule has 3 rings (SSSR count). The highest BCUT2D eigenvalue weighted by atomic mass is 32.2. The maximum absolute atomic E-state index is 13.2. The first-order valence-corrected chi connectivity index (χ1v) is 12.4. The average Bonchev–Trinajstić information content (AvgIpc) is 3.06. The van der Waals surface area contributed by atoms with Gasteiger partial charge in [-0.2, -0.15) is 0 Å². The summed E-state index contributed by atoms with van der Waals surface area (Å²) in [5, 5.41) is 11.6. The van der Waals surface area contributed by atoms with E-state index in [4.69, 9.17) is 4.74 Å². The molecular weight excluding hydrogens is 460 g/mol. The van der Waals surface area contributed by atoms with E-state index in [1.54, 1.807) is 29.2 Å². The van der Waals surface area contributed by atoms with E-state index in [1.165, 1.54) is 18.9 Å². The molecule has 0 aromatic heterocycles. The summed E-state index contributed by atoms with van der Waals surface area (Å²) in [4.78, 5) is 31.8. The molecule has 0 unspecified atom stereocenters. The van der Waals surface area contributed by atoms with Crippen LogP contribution in [0.15, 0.2) is 46.3 Å². The number of nitrogens with zero attached hydrogens (tertiary/aromatic N) is 2. The van der Waals surface area contributed by atoms with Gasteiger partial charge in [-0.1, -0.05) is 41.5 Å². The number of phenols is 1. The van der Waals surface area contributed by atoms with Gasteiger partial charge in [-0.05, 0) is 77.6 Å². The minimum absolute atomic E-state index is 0.106. The number of likely N-dealkylation sites (N-methyl/N-ethyl adjacent to an activating group) is 1. The molecule has 1 saturated heterocycles. The average molecular weight is 495 g/mol. The lowest BCUT2D eigenvalue weighted by atomic mass is 9.78. The maximum Gasteiger partial charge on any atom is 0.337 e. The van der Waals surface area contributed by atoms with Gasteiger partial charge in [0.2, 0.25) is 0 Å². The summed E-state index contributed by atoms with van der Waals surface area (Å²) in [7, 11) is 1.34. The standard InChI is InChI=1S/C28H34N2O4S/c1-9-30-24(32)22(35-26(30)29-19-12-10-18(11-13-19)25(33)34-8)16-17-14-20(27(2,3)4)23(31)21(15-17)28(5,6)7/h10-16,31H,9H2,1-8H3/b22-16+,29-26?. The smallest absolute Gasteiger partial charge is 0.337 e. The summed E-state index contributed by atoms with van der Waals surface area (Å²) >= 11 is 1.32. The highest BCUT2D eigenvalue weighted by Crippen LogP contribution is 2.41. The van der Waals surface area contributed by atoms with Gasteiger partial charge in [0.15, 0.2) is 5.17 Å². The molecule has 186 valence electrons. The molecule has 7 heteroatoms. The molecule has 0 atom stereocenters. The SMILES string of the molecule is CCN1C(=O)/C(=C\c2cc(C(C)(C)C)c(O)c(C(C)(C)C)c2)SC1=Nc1ccc(C(=O)OC)cc1. The number of ether oxygens (including phenoxy) is 1. The fraction of sp³-hybridized carbons (Fsp3) is 0.393. The monoisotopic (exact) mass is 494 g/mol. The van der Waals surface area contributed by atoms with E-state index in [0.717, 1.165) is 16.7 Å². The zero-order valence-electron chi connectivity index (χ0n) is 21.7. The molecule has 0 saturated carbocycles. The Kier molecular flexibility index (Phi) is 7.50. The van der Waals surface area contributed by atoms with Gasteiger partial charge in [-0.3, -0.25) is 9.69 Å². The number of esters is 1. The molecule has 2 aromatic carbocycles. The molecule has 0 aliphatic carbocycles. The number of carbonyl (C=O) groups excluding carboxylic acids is 2. The van der Waals surface area contributed by atoms with Gasteiger partial charge in [0.05, 0.1) is 23.3 Å². The Labute approximate surface area is 212 Å². The molecule has 1 heterocycles. The molecule has 6 nitrogen and oxygen atoms in total. The molecule has 2 aromatic rings. The Morgan fingerprint density at radius 1 is 1.06 bits per heavy atom. The molecule has 0 bridgehead atoms. The van der Waals surface area contributed by atoms with Gasteiger partial charge in [0.25, 0.3) is 5.91 Å². The number of carbonyl (C=O) groups is 2. The minimum Gasteiger partial charge on any atom is -0.507 e. The normalized spacial score (nSPS) is 16.9. The summed E-state index contributed by atoms with van der Waals surface area (Å²) in [6.07, 6.45) is 1.88. The van der Waals surface area contributed by atoms with E-state index < -0.39 is 5.97 Å². The van der Waals surface area contributed by atoms with E-state index >= 15 is 0 Å². The van der Waals surface area contributed by atoms with Gasteiger partial charge in [0, 0.05) is 17.7 Å². The fourth-order valence-electron chi connectivity index (χ4n) is 3.81. The zero-order chi connectivity index (χ0) is 26.1. The van der Waals surface area contributed by atoms with Crippen molar-refractivity contribution in [3.8, 4) is 5.75 Å². The number of aliphatic imine (C=N–C) groups is 1. The van der Waals surface area contributed by atoms with Crippen LogP contribution in [0.3, 0.4) is 0 Å². The van der Waals surface area contributed by atoms with Crippen molar-refractivity contribution in [2.75, 3.05) is 13.7 Å². The van der Waals surface area contributed by atoms with Gasteiger partial charge >= 0.3 is 5.97 Å². The lowest BCUT2D eigenvalue weighted by molar-refractivity contribution is -0.122. The predicted molar refractivity (Wildman–Crippen MR) is 143 cm³/mol. The number of benzene rings is 2. The van der Waals surface area contributed by atoms with Crippen molar-refractivity contribution >= 4 is 40.6 Å². The Morgan fingerprint density at radius 2 is 1.60 bits per heavy atom. The third-order valence-electron chi connectivity index (χ3n) is 5.76. The lowest BCUT2D eigenvalue weighted by Crippen LogP contribution is -2.28. The minimum atomic E-state index is -0.409. The zero-order valence-corrected chi connectivity index (χ0v) is 22.5. The number of amides is 1. The molecule has 1 fully saturated rings. The first kappa shape index (κ1) is 26.5. The van der Waals surface area contributed by atoms with Crippen molar-refractivity contribution in [3.05, 3.63) is 63.6 Å². The molecule has 35 heavy (non-hydrogen) atoms. The van der Waals surface area contributed by atoms with Crippen LogP contribution in [0.4, 0.5) is 5.69 Å². The molecule has 1 aliphatic rings. The number of hydrogen-bond acceptors (Lipinski definition) is 6. The van der Waals surface area contributed by atoms with Crippen LogP contribution in [-0.2, 0) is 20.4 Å². The van der Waals surface area contributed by atoms with Crippen LogP contribution in [0.2, 0.25) is 0 Å². The first-order valence-electron chi connectivity index (χ1n) is 11.6. The van der Waals surface area contributed by atoms with Crippen LogP contribution in [0, 0.1) is 0 Å². The summed E-state index contributed by atoms with van der Waals surface area (Å²) in [5.41, 5.74) is 3.12. The Bertz CT molecular complexity index is 1160. The highest BCUT2D eigenvalue weighted by Gasteiger charge is 2.33. The van der Waals surface area contributed by atoms with Gasteiger partial charge < -0.3 is 9.84 Å². The van der Waals surface area contributed by atoms with Crippen LogP contribution in [-0.4, -0.2) is 40.7 Å². The molecular formula is C28H34N2O4S. The van der Waals surface area contributed by atoms with Crippen LogP contribution in [0.1, 0.15) is 75.5 Å². The third-order valence-corrected chi connectivity index (χ3v) is 6.77. The van der Waals surface area contributed by atoms with Crippen LogP contribution < -0.4 is 0 Å². The van der Waals surface area contributed by atoms with Gasteiger partial charge in [-0.15, -0.1) is 0 Å². The number of amidine groups is 1. The van der Waals surface area contributed by atoms with E-state index in [2.05, 4.69) is 46.5 Å². The maximum atomic E-state index is 13.2. The molecule has 0 spiro atoms. The van der Waals surface area contributed by atoms with E-state index in [0.29, 0.717) is 33.6 Å². The van der Waals surface area contributed by atoms with Crippen molar-refractivity contribution < 1.29 is 19.4 Å².